The van der Waals surface area contributed by atoms with Crippen LogP contribution >= 0.6 is 0 Å². The fourth-order valence-electron chi connectivity index (χ4n) is 2.21. The predicted molar refractivity (Wildman–Crippen MR) is 74.9 cm³/mol. The number of amides is 1. The fraction of sp³-hybridized carbons (Fsp3) is 0.929. The lowest BCUT2D eigenvalue weighted by molar-refractivity contribution is -0.125. The van der Waals surface area contributed by atoms with Gasteiger partial charge in [-0.25, -0.2) is 0 Å². The molecule has 0 saturated carbocycles. The van der Waals surface area contributed by atoms with Crippen molar-refractivity contribution in [3.05, 3.63) is 0 Å². The number of morpholine rings is 1. The standard InChI is InChI=1S/C14H28N2O3/c1-11(2)4-5-12(3)15-14(18)9-16-6-7-19-13(8-16)10-17/h11-13,17H,4-10H2,1-3H3,(H,15,18). The van der Waals surface area contributed by atoms with Crippen LogP contribution in [0.1, 0.15) is 33.6 Å². The van der Waals surface area contributed by atoms with Gasteiger partial charge in [-0.1, -0.05) is 13.8 Å². The van der Waals surface area contributed by atoms with E-state index in [1.54, 1.807) is 0 Å². The SMILES string of the molecule is CC(C)CCC(C)NC(=O)CN1CCOC(CO)C1. The van der Waals surface area contributed by atoms with Crippen molar-refractivity contribution >= 4 is 5.91 Å². The van der Waals surface area contributed by atoms with Gasteiger partial charge in [-0.2, -0.15) is 0 Å². The van der Waals surface area contributed by atoms with E-state index >= 15 is 0 Å². The van der Waals surface area contributed by atoms with Crippen LogP contribution in [0.3, 0.4) is 0 Å². The normalized spacial score (nSPS) is 22.5. The molecule has 1 saturated heterocycles. The molecule has 0 bridgehead atoms. The van der Waals surface area contributed by atoms with Gasteiger partial charge in [0.1, 0.15) is 0 Å². The average Bonchev–Trinajstić information content (AvgIpc) is 2.36. The van der Waals surface area contributed by atoms with Crippen LogP contribution in [0.15, 0.2) is 0 Å². The van der Waals surface area contributed by atoms with Gasteiger partial charge in [0.2, 0.25) is 5.91 Å². The first-order chi connectivity index (χ1) is 9.01. The number of hydrogen-bond acceptors (Lipinski definition) is 4. The Kier molecular flexibility index (Phi) is 7.34. The highest BCUT2D eigenvalue weighted by molar-refractivity contribution is 5.78. The zero-order chi connectivity index (χ0) is 14.3. The van der Waals surface area contributed by atoms with Crippen molar-refractivity contribution in [2.45, 2.75) is 45.8 Å². The third-order valence-electron chi connectivity index (χ3n) is 3.38. The molecule has 0 spiro atoms. The summed E-state index contributed by atoms with van der Waals surface area (Å²) in [6.45, 7) is 8.81. The Bertz CT molecular complexity index is 271. The number of aliphatic hydroxyl groups excluding tert-OH is 1. The highest BCUT2D eigenvalue weighted by Gasteiger charge is 2.21. The van der Waals surface area contributed by atoms with Crippen molar-refractivity contribution in [1.29, 1.82) is 0 Å². The van der Waals surface area contributed by atoms with Gasteiger partial charge in [-0.05, 0) is 25.7 Å². The largest absolute Gasteiger partial charge is 0.394 e. The van der Waals surface area contributed by atoms with Crippen LogP contribution in [0.5, 0.6) is 0 Å². The topological polar surface area (TPSA) is 61.8 Å². The highest BCUT2D eigenvalue weighted by atomic mass is 16.5. The van der Waals surface area contributed by atoms with E-state index in [4.69, 9.17) is 9.84 Å². The van der Waals surface area contributed by atoms with Gasteiger partial charge < -0.3 is 15.2 Å². The smallest absolute Gasteiger partial charge is 0.234 e. The van der Waals surface area contributed by atoms with Gasteiger partial charge in [0.15, 0.2) is 0 Å². The first kappa shape index (κ1) is 16.4. The van der Waals surface area contributed by atoms with Gasteiger partial charge in [0.05, 0.1) is 25.9 Å². The summed E-state index contributed by atoms with van der Waals surface area (Å²) in [5.74, 6) is 0.735. The lowest BCUT2D eigenvalue weighted by Gasteiger charge is -2.31. The first-order valence-electron chi connectivity index (χ1n) is 7.25. The summed E-state index contributed by atoms with van der Waals surface area (Å²) in [7, 11) is 0. The molecule has 2 unspecified atom stereocenters. The number of hydrogen-bond donors (Lipinski definition) is 2. The maximum absolute atomic E-state index is 11.9. The van der Waals surface area contributed by atoms with E-state index in [-0.39, 0.29) is 24.7 Å². The molecule has 0 aliphatic carbocycles. The summed E-state index contributed by atoms with van der Waals surface area (Å²) in [6, 6.07) is 0.226. The van der Waals surface area contributed by atoms with E-state index < -0.39 is 0 Å². The molecule has 5 heteroatoms. The molecule has 1 aliphatic rings. The maximum Gasteiger partial charge on any atom is 0.234 e. The van der Waals surface area contributed by atoms with E-state index in [9.17, 15) is 4.79 Å². The summed E-state index contributed by atoms with van der Waals surface area (Å²) >= 11 is 0. The summed E-state index contributed by atoms with van der Waals surface area (Å²) in [5.41, 5.74) is 0. The third-order valence-corrected chi connectivity index (χ3v) is 3.38. The van der Waals surface area contributed by atoms with Crippen LogP contribution < -0.4 is 5.32 Å². The second kappa shape index (κ2) is 8.51. The molecule has 19 heavy (non-hydrogen) atoms. The van der Waals surface area contributed by atoms with E-state index in [0.29, 0.717) is 25.6 Å². The van der Waals surface area contributed by atoms with Crippen LogP contribution in [0, 0.1) is 5.92 Å². The molecular formula is C14H28N2O3. The second-order valence-electron chi connectivity index (χ2n) is 5.85. The molecule has 0 aromatic carbocycles. The monoisotopic (exact) mass is 272 g/mol. The maximum atomic E-state index is 11.9. The summed E-state index contributed by atoms with van der Waals surface area (Å²) in [6.07, 6.45) is 2.00. The molecule has 1 heterocycles. The molecule has 0 radical (unpaired) electrons. The molecular weight excluding hydrogens is 244 g/mol. The van der Waals surface area contributed by atoms with Crippen molar-refractivity contribution in [3.63, 3.8) is 0 Å². The number of carbonyl (C=O) groups is 1. The van der Waals surface area contributed by atoms with Gasteiger partial charge in [0, 0.05) is 19.1 Å². The van der Waals surface area contributed by atoms with Crippen molar-refractivity contribution < 1.29 is 14.6 Å². The van der Waals surface area contributed by atoms with E-state index in [0.717, 1.165) is 19.4 Å². The van der Waals surface area contributed by atoms with Gasteiger partial charge >= 0.3 is 0 Å². The predicted octanol–water partition coefficient (Wildman–Crippen LogP) is 0.620. The zero-order valence-electron chi connectivity index (χ0n) is 12.4. The number of rotatable bonds is 7. The van der Waals surface area contributed by atoms with Crippen LogP contribution in [0.4, 0.5) is 0 Å². The third kappa shape index (κ3) is 6.89. The Hall–Kier alpha value is -0.650. The molecule has 2 atom stereocenters. The average molecular weight is 272 g/mol. The second-order valence-corrected chi connectivity index (χ2v) is 5.85. The van der Waals surface area contributed by atoms with Gasteiger partial charge in [-0.15, -0.1) is 0 Å². The Morgan fingerprint density at radius 3 is 2.79 bits per heavy atom. The van der Waals surface area contributed by atoms with Crippen molar-refractivity contribution in [1.82, 2.24) is 10.2 Å². The van der Waals surface area contributed by atoms with Crippen LogP contribution in [0.2, 0.25) is 0 Å². The molecule has 0 aromatic rings. The molecule has 2 N–H and O–H groups in total. The van der Waals surface area contributed by atoms with Gasteiger partial charge in [0.25, 0.3) is 0 Å². The minimum absolute atomic E-state index is 0.0168. The number of ether oxygens (including phenoxy) is 1. The number of carbonyl (C=O) groups excluding carboxylic acids is 1. The lowest BCUT2D eigenvalue weighted by Crippen LogP contribution is -2.49. The van der Waals surface area contributed by atoms with Gasteiger partial charge in [-0.3, -0.25) is 9.69 Å². The quantitative estimate of drug-likeness (QED) is 0.713. The Labute approximate surface area is 116 Å². The van der Waals surface area contributed by atoms with Crippen molar-refractivity contribution in [2.75, 3.05) is 32.8 Å². The Balaban J connectivity index is 2.22. The minimum Gasteiger partial charge on any atom is -0.394 e. The Morgan fingerprint density at radius 2 is 2.16 bits per heavy atom. The number of aliphatic hydroxyl groups is 1. The highest BCUT2D eigenvalue weighted by Crippen LogP contribution is 2.07. The summed E-state index contributed by atoms with van der Waals surface area (Å²) in [5, 5.41) is 12.1. The van der Waals surface area contributed by atoms with E-state index in [2.05, 4.69) is 26.1 Å². The van der Waals surface area contributed by atoms with E-state index in [1.807, 2.05) is 4.90 Å². The van der Waals surface area contributed by atoms with E-state index in [1.165, 1.54) is 0 Å². The molecule has 1 aliphatic heterocycles. The molecule has 1 rings (SSSR count). The molecule has 112 valence electrons. The number of nitrogens with one attached hydrogen (secondary N) is 1. The van der Waals surface area contributed by atoms with Crippen LogP contribution in [0.25, 0.3) is 0 Å². The van der Waals surface area contributed by atoms with Crippen molar-refractivity contribution in [2.24, 2.45) is 5.92 Å². The first-order valence-corrected chi connectivity index (χ1v) is 7.25. The molecule has 1 amide bonds. The molecule has 0 aromatic heterocycles. The van der Waals surface area contributed by atoms with Crippen LogP contribution in [-0.2, 0) is 9.53 Å². The molecule has 5 nitrogen and oxygen atoms in total. The van der Waals surface area contributed by atoms with Crippen LogP contribution in [-0.4, -0.2) is 60.9 Å². The fourth-order valence-corrected chi connectivity index (χ4v) is 2.21. The Morgan fingerprint density at radius 1 is 1.42 bits per heavy atom. The van der Waals surface area contributed by atoms with Crippen molar-refractivity contribution in [3.8, 4) is 0 Å². The lowest BCUT2D eigenvalue weighted by atomic mass is 10.0. The molecule has 1 fully saturated rings. The summed E-state index contributed by atoms with van der Waals surface area (Å²) < 4.78 is 5.36. The zero-order valence-corrected chi connectivity index (χ0v) is 12.4. The minimum atomic E-state index is -0.153. The summed E-state index contributed by atoms with van der Waals surface area (Å²) in [4.78, 5) is 13.9. The number of nitrogens with zero attached hydrogens (tertiary/aromatic N) is 1.